The molecule has 0 radical (unpaired) electrons. The molecule has 0 saturated carbocycles. The summed E-state index contributed by atoms with van der Waals surface area (Å²) in [6.45, 7) is 4.87. The van der Waals surface area contributed by atoms with Gasteiger partial charge < -0.3 is 0 Å². The third-order valence-corrected chi connectivity index (χ3v) is 12.1. The van der Waals surface area contributed by atoms with Crippen LogP contribution < -0.4 is 10.5 Å². The van der Waals surface area contributed by atoms with E-state index in [2.05, 4.69) is 159 Å². The Hall–Kier alpha value is -5.12. The number of hydrogen-bond acceptors (Lipinski definition) is 2. The summed E-state index contributed by atoms with van der Waals surface area (Å²) in [5.74, 6) is 0.789. The lowest BCUT2D eigenvalue weighted by atomic mass is 9.97. The molecule has 0 N–H and O–H groups in total. The van der Waals surface area contributed by atoms with Gasteiger partial charge in [-0.3, -0.25) is 0 Å². The molecule has 2 nitrogen and oxygen atoms in total. The van der Waals surface area contributed by atoms with E-state index < -0.39 is 8.07 Å². The Kier molecular flexibility index (Phi) is 5.95. The first-order valence-corrected chi connectivity index (χ1v) is 17.8. The number of nitrogens with zero attached hydrogens (tertiary/aromatic N) is 2. The van der Waals surface area contributed by atoms with Crippen LogP contribution in [0.15, 0.2) is 146 Å². The Morgan fingerprint density at radius 1 is 0.442 bits per heavy atom. The second-order valence-electron chi connectivity index (χ2n) is 11.9. The second kappa shape index (κ2) is 10.0. The summed E-state index contributed by atoms with van der Waals surface area (Å²) in [4.78, 5) is 10.8. The van der Waals surface area contributed by atoms with Crippen LogP contribution in [0.1, 0.15) is 0 Å². The van der Waals surface area contributed by atoms with Gasteiger partial charge >= 0.3 is 0 Å². The summed E-state index contributed by atoms with van der Waals surface area (Å²) >= 11 is 0. The van der Waals surface area contributed by atoms with Crippen LogP contribution in [0.4, 0.5) is 0 Å². The molecule has 43 heavy (non-hydrogen) atoms. The van der Waals surface area contributed by atoms with Gasteiger partial charge in [-0.1, -0.05) is 140 Å². The average molecular weight is 567 g/mol. The van der Waals surface area contributed by atoms with Crippen molar-refractivity contribution in [3.8, 4) is 56.0 Å². The molecule has 0 atom stereocenters. The molecule has 0 saturated heterocycles. The fraction of sp³-hybridized carbons (Fsp3) is 0.0500. The normalized spacial score (nSPS) is 13.1. The quantitative estimate of drug-likeness (QED) is 0.199. The number of fused-ring (bicyclic) bond motifs is 4. The molecular weight excluding hydrogens is 537 g/mol. The highest BCUT2D eigenvalue weighted by Crippen LogP contribution is 2.38. The predicted octanol–water partition coefficient (Wildman–Crippen LogP) is 9.10. The molecule has 2 heterocycles. The molecule has 0 fully saturated rings. The molecule has 1 aromatic heterocycles. The fourth-order valence-corrected chi connectivity index (χ4v) is 9.45. The van der Waals surface area contributed by atoms with Gasteiger partial charge in [0.15, 0.2) is 5.82 Å². The van der Waals surface area contributed by atoms with E-state index in [1.54, 1.807) is 0 Å². The Labute approximate surface area is 253 Å². The smallest absolute Gasteiger partial charge is 0.159 e. The van der Waals surface area contributed by atoms with Gasteiger partial charge in [0.1, 0.15) is 8.07 Å². The van der Waals surface area contributed by atoms with E-state index >= 15 is 0 Å². The van der Waals surface area contributed by atoms with Crippen molar-refractivity contribution in [2.75, 3.05) is 0 Å². The molecule has 1 aliphatic rings. The van der Waals surface area contributed by atoms with E-state index in [0.717, 1.165) is 28.2 Å². The molecule has 204 valence electrons. The van der Waals surface area contributed by atoms with Crippen LogP contribution in [0.2, 0.25) is 13.1 Å². The lowest BCUT2D eigenvalue weighted by molar-refractivity contribution is 1.21. The minimum Gasteiger partial charge on any atom is -0.237 e. The minimum atomic E-state index is -2.10. The Morgan fingerprint density at radius 3 is 1.63 bits per heavy atom. The molecule has 0 spiro atoms. The lowest BCUT2D eigenvalue weighted by Gasteiger charge is -2.19. The number of benzene rings is 6. The van der Waals surface area contributed by atoms with Crippen LogP contribution in [0, 0.1) is 0 Å². The monoisotopic (exact) mass is 566 g/mol. The molecule has 0 unspecified atom stereocenters. The van der Waals surface area contributed by atoms with Crippen LogP contribution in [0.3, 0.4) is 0 Å². The van der Waals surface area contributed by atoms with Crippen molar-refractivity contribution in [3.05, 3.63) is 146 Å². The van der Waals surface area contributed by atoms with Crippen molar-refractivity contribution < 1.29 is 0 Å². The van der Waals surface area contributed by atoms with Crippen molar-refractivity contribution in [2.45, 2.75) is 13.1 Å². The molecule has 6 aromatic carbocycles. The summed E-state index contributed by atoms with van der Waals surface area (Å²) in [6.07, 6.45) is 0. The van der Waals surface area contributed by atoms with E-state index in [-0.39, 0.29) is 0 Å². The van der Waals surface area contributed by atoms with Crippen molar-refractivity contribution in [1.82, 2.24) is 9.97 Å². The molecule has 8 rings (SSSR count). The first kappa shape index (κ1) is 25.6. The average Bonchev–Trinajstić information content (AvgIpc) is 3.29. The third-order valence-electron chi connectivity index (χ3n) is 8.80. The molecule has 0 bridgehead atoms. The summed E-state index contributed by atoms with van der Waals surface area (Å²) < 4.78 is 0. The second-order valence-corrected chi connectivity index (χ2v) is 16.1. The van der Waals surface area contributed by atoms with Crippen molar-refractivity contribution in [2.24, 2.45) is 0 Å². The Bertz CT molecular complexity index is 2150. The number of aromatic nitrogens is 2. The Morgan fingerprint density at radius 2 is 0.953 bits per heavy atom. The van der Waals surface area contributed by atoms with E-state index in [4.69, 9.17) is 9.97 Å². The SMILES string of the molecule is C[Si]1(C)c2cc3ccccc3cc2-c2c(-c3ccccc3)nc(-c3cccc(-c4cccc(-c5ccccc5)c4)c3)nc21. The van der Waals surface area contributed by atoms with Crippen molar-refractivity contribution in [3.63, 3.8) is 0 Å². The molecule has 0 amide bonds. The van der Waals surface area contributed by atoms with Crippen molar-refractivity contribution in [1.29, 1.82) is 0 Å². The maximum Gasteiger partial charge on any atom is 0.159 e. The van der Waals surface area contributed by atoms with Gasteiger partial charge in [-0.25, -0.2) is 9.97 Å². The molecule has 1 aliphatic heterocycles. The summed E-state index contributed by atoms with van der Waals surface area (Å²) in [7, 11) is -2.10. The van der Waals surface area contributed by atoms with E-state index in [9.17, 15) is 0 Å². The van der Waals surface area contributed by atoms with Gasteiger partial charge in [-0.15, -0.1) is 0 Å². The highest BCUT2D eigenvalue weighted by atomic mass is 28.3. The van der Waals surface area contributed by atoms with E-state index in [1.165, 1.54) is 49.1 Å². The molecule has 7 aromatic rings. The summed E-state index contributed by atoms with van der Waals surface area (Å²) in [5, 5.41) is 5.20. The van der Waals surface area contributed by atoms with Crippen molar-refractivity contribution >= 4 is 29.4 Å². The fourth-order valence-electron chi connectivity index (χ4n) is 6.54. The van der Waals surface area contributed by atoms with Crippen LogP contribution >= 0.6 is 0 Å². The van der Waals surface area contributed by atoms with E-state index in [0.29, 0.717) is 0 Å². The van der Waals surface area contributed by atoms with Gasteiger partial charge in [0.05, 0.1) is 5.69 Å². The maximum atomic E-state index is 5.42. The zero-order valence-electron chi connectivity index (χ0n) is 24.3. The van der Waals surface area contributed by atoms with Gasteiger partial charge in [0, 0.05) is 22.0 Å². The van der Waals surface area contributed by atoms with Crippen LogP contribution in [-0.4, -0.2) is 18.0 Å². The minimum absolute atomic E-state index is 0.789. The van der Waals surface area contributed by atoms with E-state index in [1.807, 2.05) is 0 Å². The third kappa shape index (κ3) is 4.32. The Balaban J connectivity index is 1.31. The largest absolute Gasteiger partial charge is 0.237 e. The zero-order chi connectivity index (χ0) is 29.0. The highest BCUT2D eigenvalue weighted by molar-refractivity contribution is 7.03. The predicted molar refractivity (Wildman–Crippen MR) is 183 cm³/mol. The molecule has 0 aliphatic carbocycles. The number of hydrogen-bond donors (Lipinski definition) is 0. The standard InChI is InChI=1S/C40H30N2Si/c1-43(2)36-26-33-18-10-9-17-32(33)25-35(36)37-38(28-15-7-4-8-16-28)41-39(42-40(37)43)34-22-12-21-31(24-34)30-20-11-19-29(23-30)27-13-5-3-6-14-27/h3-26H,1-2H3. The van der Waals surface area contributed by atoms with Gasteiger partial charge in [0.2, 0.25) is 0 Å². The first-order valence-electron chi connectivity index (χ1n) is 14.8. The van der Waals surface area contributed by atoms with Gasteiger partial charge in [0.25, 0.3) is 0 Å². The maximum absolute atomic E-state index is 5.42. The highest BCUT2D eigenvalue weighted by Gasteiger charge is 2.41. The topological polar surface area (TPSA) is 25.8 Å². The molecular formula is C40H30N2Si. The molecule has 3 heteroatoms. The van der Waals surface area contributed by atoms with Crippen LogP contribution in [-0.2, 0) is 0 Å². The van der Waals surface area contributed by atoms with Crippen LogP contribution in [0.5, 0.6) is 0 Å². The van der Waals surface area contributed by atoms with Crippen LogP contribution in [0.25, 0.3) is 66.8 Å². The zero-order valence-corrected chi connectivity index (χ0v) is 25.3. The number of rotatable bonds is 4. The first-order chi connectivity index (χ1) is 21.1. The summed E-state index contributed by atoms with van der Waals surface area (Å²) in [6, 6.07) is 52.1. The van der Waals surface area contributed by atoms with Gasteiger partial charge in [-0.05, 0) is 62.0 Å². The van der Waals surface area contributed by atoms with Gasteiger partial charge in [-0.2, -0.15) is 0 Å². The summed E-state index contributed by atoms with van der Waals surface area (Å²) in [5.41, 5.74) is 10.4. The lowest BCUT2D eigenvalue weighted by Crippen LogP contribution is -2.51.